The van der Waals surface area contributed by atoms with E-state index in [1.54, 1.807) is 0 Å². The van der Waals surface area contributed by atoms with Gasteiger partial charge in [0.05, 0.1) is 23.5 Å². The fraction of sp³-hybridized carbons (Fsp3) is 0.700. The minimum absolute atomic E-state index is 0.126. The Morgan fingerprint density at radius 2 is 2.25 bits per heavy atom. The second-order valence-corrected chi connectivity index (χ2v) is 3.83. The molecule has 1 heterocycles. The second-order valence-electron chi connectivity index (χ2n) is 3.83. The molecule has 0 aromatic carbocycles. The van der Waals surface area contributed by atoms with Crippen LogP contribution in [0.4, 0.5) is 0 Å². The van der Waals surface area contributed by atoms with Crippen molar-refractivity contribution in [1.82, 2.24) is 5.32 Å². The topological polar surface area (TPSA) is 24.4 Å². The molecule has 2 nitrogen and oxygen atoms in total. The van der Waals surface area contributed by atoms with Gasteiger partial charge in [0.25, 0.3) is 0 Å². The van der Waals surface area contributed by atoms with Crippen molar-refractivity contribution < 1.29 is 0 Å². The molecule has 0 spiro atoms. The third kappa shape index (κ3) is 1.87. The summed E-state index contributed by atoms with van der Waals surface area (Å²) in [5, 5.41) is 3.47. The summed E-state index contributed by atoms with van der Waals surface area (Å²) in [5.41, 5.74) is 2.53. The summed E-state index contributed by atoms with van der Waals surface area (Å²) >= 11 is 0. The van der Waals surface area contributed by atoms with Gasteiger partial charge in [-0.3, -0.25) is 4.99 Å². The van der Waals surface area contributed by atoms with E-state index in [0.29, 0.717) is 0 Å². The molecule has 68 valence electrons. The van der Waals surface area contributed by atoms with Crippen LogP contribution < -0.4 is 5.32 Å². The zero-order valence-corrected chi connectivity index (χ0v) is 8.44. The van der Waals surface area contributed by atoms with Crippen LogP contribution in [0.25, 0.3) is 0 Å². The van der Waals surface area contributed by atoms with Crippen molar-refractivity contribution in [3.05, 3.63) is 11.8 Å². The normalized spacial score (nSPS) is 25.0. The summed E-state index contributed by atoms with van der Waals surface area (Å²) in [4.78, 5) is 4.54. The van der Waals surface area contributed by atoms with E-state index in [9.17, 15) is 0 Å². The highest BCUT2D eigenvalue weighted by Crippen LogP contribution is 2.14. The zero-order chi connectivity index (χ0) is 9.19. The highest BCUT2D eigenvalue weighted by Gasteiger charge is 2.23. The van der Waals surface area contributed by atoms with Crippen LogP contribution >= 0.6 is 0 Å². The number of hydrogen-bond acceptors (Lipinski definition) is 2. The molecule has 1 aliphatic rings. The molecular formula is C10H18N2. The first-order valence-electron chi connectivity index (χ1n) is 4.57. The Kier molecular flexibility index (Phi) is 2.55. The monoisotopic (exact) mass is 166 g/mol. The number of rotatable bonds is 1. The molecule has 0 aliphatic carbocycles. The average molecular weight is 166 g/mol. The molecule has 0 amide bonds. The molecule has 0 aromatic heterocycles. The van der Waals surface area contributed by atoms with Gasteiger partial charge in [-0.25, -0.2) is 0 Å². The Labute approximate surface area is 74.8 Å². The lowest BCUT2D eigenvalue weighted by molar-refractivity contribution is 0.436. The van der Waals surface area contributed by atoms with Gasteiger partial charge in [-0.15, -0.1) is 0 Å². The SMILES string of the molecule is C/C=C1\NC(C)(C)CN=C1CC. The first-order valence-corrected chi connectivity index (χ1v) is 4.57. The minimum Gasteiger partial charge on any atom is -0.377 e. The first kappa shape index (κ1) is 9.30. The van der Waals surface area contributed by atoms with E-state index >= 15 is 0 Å². The fourth-order valence-corrected chi connectivity index (χ4v) is 1.40. The first-order chi connectivity index (χ1) is 5.59. The molecule has 0 fully saturated rings. The summed E-state index contributed by atoms with van der Waals surface area (Å²) in [6, 6.07) is 0. The third-order valence-corrected chi connectivity index (χ3v) is 2.07. The van der Waals surface area contributed by atoms with Crippen molar-refractivity contribution >= 4 is 5.71 Å². The van der Waals surface area contributed by atoms with Crippen LogP contribution in [0.3, 0.4) is 0 Å². The van der Waals surface area contributed by atoms with Crippen LogP contribution in [0.2, 0.25) is 0 Å². The van der Waals surface area contributed by atoms with Gasteiger partial charge in [-0.1, -0.05) is 13.0 Å². The maximum atomic E-state index is 4.54. The van der Waals surface area contributed by atoms with Crippen molar-refractivity contribution in [2.24, 2.45) is 4.99 Å². The molecule has 0 saturated carbocycles. The molecule has 0 aromatic rings. The molecule has 0 radical (unpaired) electrons. The summed E-state index contributed by atoms with van der Waals surface area (Å²) in [7, 11) is 0. The van der Waals surface area contributed by atoms with Gasteiger partial charge in [-0.2, -0.15) is 0 Å². The average Bonchev–Trinajstić information content (AvgIpc) is 2.03. The Morgan fingerprint density at radius 3 is 2.75 bits per heavy atom. The second kappa shape index (κ2) is 3.30. The number of hydrogen-bond donors (Lipinski definition) is 1. The van der Waals surface area contributed by atoms with Gasteiger partial charge in [0.1, 0.15) is 0 Å². The van der Waals surface area contributed by atoms with E-state index in [0.717, 1.165) is 13.0 Å². The van der Waals surface area contributed by atoms with Gasteiger partial charge in [0.2, 0.25) is 0 Å². The van der Waals surface area contributed by atoms with E-state index in [1.807, 2.05) is 0 Å². The Bertz CT molecular complexity index is 224. The quantitative estimate of drug-likeness (QED) is 0.634. The molecule has 1 aliphatic heterocycles. The summed E-state index contributed by atoms with van der Waals surface area (Å²) in [5.74, 6) is 0. The Morgan fingerprint density at radius 1 is 1.58 bits per heavy atom. The lowest BCUT2D eigenvalue weighted by Gasteiger charge is -2.32. The molecule has 2 heteroatoms. The highest BCUT2D eigenvalue weighted by molar-refractivity contribution is 6.00. The summed E-state index contributed by atoms with van der Waals surface area (Å²) in [6.45, 7) is 9.42. The van der Waals surface area contributed by atoms with E-state index in [2.05, 4.69) is 44.1 Å². The zero-order valence-electron chi connectivity index (χ0n) is 8.44. The standard InChI is InChI=1S/C10H18N2/c1-5-8-9(6-2)12-10(3,4)7-11-8/h6,12H,5,7H2,1-4H3/b9-6-. The van der Waals surface area contributed by atoms with Gasteiger partial charge < -0.3 is 5.32 Å². The number of aliphatic imine (C=N–C) groups is 1. The molecule has 0 atom stereocenters. The van der Waals surface area contributed by atoms with E-state index in [1.165, 1.54) is 11.4 Å². The predicted octanol–water partition coefficient (Wildman–Crippen LogP) is 2.12. The Balaban J connectivity index is 2.86. The van der Waals surface area contributed by atoms with Crippen LogP contribution in [-0.2, 0) is 0 Å². The maximum absolute atomic E-state index is 4.54. The van der Waals surface area contributed by atoms with E-state index in [-0.39, 0.29) is 5.54 Å². The molecule has 0 bridgehead atoms. The smallest absolute Gasteiger partial charge is 0.0618 e. The minimum atomic E-state index is 0.126. The molecule has 1 rings (SSSR count). The molecular weight excluding hydrogens is 148 g/mol. The predicted molar refractivity (Wildman–Crippen MR) is 53.6 cm³/mol. The molecule has 12 heavy (non-hydrogen) atoms. The molecule has 1 N–H and O–H groups in total. The lowest BCUT2D eigenvalue weighted by atomic mass is 10.0. The number of nitrogens with one attached hydrogen (secondary N) is 1. The highest BCUT2D eigenvalue weighted by atomic mass is 15.1. The summed E-state index contributed by atoms with van der Waals surface area (Å²) < 4.78 is 0. The number of allylic oxidation sites excluding steroid dienone is 2. The van der Waals surface area contributed by atoms with Crippen molar-refractivity contribution in [2.75, 3.05) is 6.54 Å². The third-order valence-electron chi connectivity index (χ3n) is 2.07. The fourth-order valence-electron chi connectivity index (χ4n) is 1.40. The largest absolute Gasteiger partial charge is 0.377 e. The molecule has 0 unspecified atom stereocenters. The van der Waals surface area contributed by atoms with Crippen LogP contribution in [0.1, 0.15) is 34.1 Å². The van der Waals surface area contributed by atoms with Gasteiger partial charge >= 0.3 is 0 Å². The van der Waals surface area contributed by atoms with Gasteiger partial charge in [0, 0.05) is 0 Å². The van der Waals surface area contributed by atoms with Crippen molar-refractivity contribution in [3.8, 4) is 0 Å². The Hall–Kier alpha value is -0.790. The van der Waals surface area contributed by atoms with Crippen molar-refractivity contribution in [3.63, 3.8) is 0 Å². The maximum Gasteiger partial charge on any atom is 0.0618 e. The summed E-state index contributed by atoms with van der Waals surface area (Å²) in [6.07, 6.45) is 3.12. The van der Waals surface area contributed by atoms with Gasteiger partial charge in [-0.05, 0) is 27.2 Å². The van der Waals surface area contributed by atoms with E-state index < -0.39 is 0 Å². The number of nitrogens with zero attached hydrogens (tertiary/aromatic N) is 1. The van der Waals surface area contributed by atoms with Crippen molar-refractivity contribution in [2.45, 2.75) is 39.7 Å². The van der Waals surface area contributed by atoms with Crippen LogP contribution in [0.15, 0.2) is 16.8 Å². The van der Waals surface area contributed by atoms with Crippen LogP contribution in [-0.4, -0.2) is 17.8 Å². The lowest BCUT2D eigenvalue weighted by Crippen LogP contribution is -2.46. The van der Waals surface area contributed by atoms with E-state index in [4.69, 9.17) is 0 Å². The van der Waals surface area contributed by atoms with Crippen molar-refractivity contribution in [1.29, 1.82) is 0 Å². The van der Waals surface area contributed by atoms with Crippen LogP contribution in [0, 0.1) is 0 Å². The van der Waals surface area contributed by atoms with Crippen LogP contribution in [0.5, 0.6) is 0 Å². The van der Waals surface area contributed by atoms with Gasteiger partial charge in [0.15, 0.2) is 0 Å². The molecule has 0 saturated heterocycles.